The smallest absolute Gasteiger partial charge is 0.321 e. The van der Waals surface area contributed by atoms with E-state index >= 15 is 0 Å². The van der Waals surface area contributed by atoms with Gasteiger partial charge in [-0.05, 0) is 54.3 Å². The van der Waals surface area contributed by atoms with E-state index in [0.717, 1.165) is 0 Å². The number of ketones is 1. The number of methoxy groups -OCH3 is 1. The molecule has 2 aromatic rings. The number of carbonyl (C=O) groups is 3. The SMILES string of the molecule is COc1ccc(C(=O)c2ccc3c(c2)CC(C(=O)O)(C(=O)O)C3)cc1. The number of carboxylic acid groups (broad SMARTS) is 2. The van der Waals surface area contributed by atoms with Gasteiger partial charge < -0.3 is 14.9 Å². The molecule has 0 aromatic heterocycles. The van der Waals surface area contributed by atoms with Crippen LogP contribution in [0.15, 0.2) is 42.5 Å². The first-order valence-electron chi connectivity index (χ1n) is 7.65. The molecule has 0 fully saturated rings. The molecular formula is C19H16O6. The lowest BCUT2D eigenvalue weighted by atomic mass is 9.85. The summed E-state index contributed by atoms with van der Waals surface area (Å²) in [5, 5.41) is 18.7. The number of fused-ring (bicyclic) bond motifs is 1. The number of carbonyl (C=O) groups excluding carboxylic acids is 1. The molecule has 1 aliphatic carbocycles. The van der Waals surface area contributed by atoms with Gasteiger partial charge in [-0.15, -0.1) is 0 Å². The third-order valence-corrected chi connectivity index (χ3v) is 4.62. The molecule has 0 saturated carbocycles. The highest BCUT2D eigenvalue weighted by molar-refractivity contribution is 6.09. The predicted octanol–water partition coefficient (Wildman–Crippen LogP) is 2.18. The Morgan fingerprint density at radius 2 is 1.44 bits per heavy atom. The second-order valence-corrected chi connectivity index (χ2v) is 6.09. The molecule has 0 amide bonds. The fourth-order valence-electron chi connectivity index (χ4n) is 3.12. The summed E-state index contributed by atoms with van der Waals surface area (Å²) in [4.78, 5) is 35.6. The van der Waals surface area contributed by atoms with Crippen LogP contribution in [0.3, 0.4) is 0 Å². The second-order valence-electron chi connectivity index (χ2n) is 6.09. The average molecular weight is 340 g/mol. The van der Waals surface area contributed by atoms with Crippen LogP contribution in [0.4, 0.5) is 0 Å². The minimum atomic E-state index is -1.86. The zero-order chi connectivity index (χ0) is 18.2. The number of rotatable bonds is 5. The van der Waals surface area contributed by atoms with E-state index in [1.807, 2.05) is 0 Å². The largest absolute Gasteiger partial charge is 0.497 e. The molecule has 6 nitrogen and oxygen atoms in total. The van der Waals surface area contributed by atoms with E-state index in [9.17, 15) is 24.6 Å². The molecule has 0 unspecified atom stereocenters. The topological polar surface area (TPSA) is 101 Å². The molecule has 0 aliphatic heterocycles. The van der Waals surface area contributed by atoms with Crippen LogP contribution in [-0.2, 0) is 22.4 Å². The third-order valence-electron chi connectivity index (χ3n) is 4.62. The lowest BCUT2D eigenvalue weighted by Crippen LogP contribution is -2.40. The molecule has 0 saturated heterocycles. The van der Waals surface area contributed by atoms with Crippen LogP contribution in [0, 0.1) is 5.41 Å². The number of aliphatic carboxylic acids is 2. The molecular weight excluding hydrogens is 324 g/mol. The van der Waals surface area contributed by atoms with Crippen LogP contribution >= 0.6 is 0 Å². The number of carboxylic acids is 2. The first kappa shape index (κ1) is 16.7. The van der Waals surface area contributed by atoms with Crippen molar-refractivity contribution < 1.29 is 29.3 Å². The lowest BCUT2D eigenvalue weighted by molar-refractivity contribution is -0.163. The van der Waals surface area contributed by atoms with Crippen molar-refractivity contribution >= 4 is 17.7 Å². The van der Waals surface area contributed by atoms with Crippen LogP contribution in [0.1, 0.15) is 27.0 Å². The number of hydrogen-bond donors (Lipinski definition) is 2. The van der Waals surface area contributed by atoms with Crippen LogP contribution in [-0.4, -0.2) is 35.0 Å². The summed E-state index contributed by atoms with van der Waals surface area (Å²) in [6.45, 7) is 0. The molecule has 0 atom stereocenters. The van der Waals surface area contributed by atoms with Gasteiger partial charge in [-0.1, -0.05) is 12.1 Å². The number of hydrogen-bond acceptors (Lipinski definition) is 4. The van der Waals surface area contributed by atoms with Gasteiger partial charge in [0.2, 0.25) is 0 Å². The van der Waals surface area contributed by atoms with E-state index in [4.69, 9.17) is 4.74 Å². The van der Waals surface area contributed by atoms with Gasteiger partial charge >= 0.3 is 11.9 Å². The van der Waals surface area contributed by atoms with Crippen molar-refractivity contribution in [2.45, 2.75) is 12.8 Å². The van der Waals surface area contributed by atoms with Crippen LogP contribution in [0.25, 0.3) is 0 Å². The maximum absolute atomic E-state index is 12.6. The van der Waals surface area contributed by atoms with Crippen molar-refractivity contribution in [3.05, 3.63) is 64.7 Å². The van der Waals surface area contributed by atoms with Gasteiger partial charge in [0.25, 0.3) is 0 Å². The highest BCUT2D eigenvalue weighted by atomic mass is 16.5. The average Bonchev–Trinajstić information content (AvgIpc) is 3.01. The minimum Gasteiger partial charge on any atom is -0.497 e. The monoisotopic (exact) mass is 340 g/mol. The van der Waals surface area contributed by atoms with Crippen molar-refractivity contribution in [2.75, 3.05) is 7.11 Å². The highest BCUT2D eigenvalue weighted by Crippen LogP contribution is 2.38. The van der Waals surface area contributed by atoms with E-state index in [1.165, 1.54) is 7.11 Å². The normalized spacial score (nSPS) is 14.6. The van der Waals surface area contributed by atoms with Gasteiger partial charge in [-0.25, -0.2) is 0 Å². The summed E-state index contributed by atoms with van der Waals surface area (Å²) in [6.07, 6.45) is -0.208. The van der Waals surface area contributed by atoms with E-state index in [0.29, 0.717) is 28.0 Å². The van der Waals surface area contributed by atoms with Crippen LogP contribution < -0.4 is 4.74 Å². The summed E-state index contributed by atoms with van der Waals surface area (Å²) in [6, 6.07) is 11.5. The summed E-state index contributed by atoms with van der Waals surface area (Å²) in [5.74, 6) is -2.30. The second kappa shape index (κ2) is 6.05. The quantitative estimate of drug-likeness (QED) is 0.639. The van der Waals surface area contributed by atoms with Crippen LogP contribution in [0.2, 0.25) is 0 Å². The Morgan fingerprint density at radius 1 is 0.880 bits per heavy atom. The third kappa shape index (κ3) is 2.76. The summed E-state index contributed by atoms with van der Waals surface area (Å²) in [5.41, 5.74) is 0.252. The van der Waals surface area contributed by atoms with E-state index < -0.39 is 17.4 Å². The van der Waals surface area contributed by atoms with Gasteiger partial charge in [-0.2, -0.15) is 0 Å². The molecule has 0 radical (unpaired) electrons. The Morgan fingerprint density at radius 3 is 2.00 bits per heavy atom. The number of benzene rings is 2. The standard InChI is InChI=1S/C19H16O6/c1-25-15-6-4-11(5-7-15)16(20)12-2-3-13-9-19(17(21)22,18(23)24)10-14(13)8-12/h2-8H,9-10H2,1H3,(H,21,22)(H,23,24). The maximum Gasteiger partial charge on any atom is 0.321 e. The van der Waals surface area contributed by atoms with Crippen molar-refractivity contribution in [3.63, 3.8) is 0 Å². The summed E-state index contributed by atoms with van der Waals surface area (Å²) in [7, 11) is 1.54. The zero-order valence-electron chi connectivity index (χ0n) is 13.5. The molecule has 128 valence electrons. The predicted molar refractivity (Wildman–Crippen MR) is 88.0 cm³/mol. The first-order valence-corrected chi connectivity index (χ1v) is 7.65. The molecule has 0 bridgehead atoms. The molecule has 6 heteroatoms. The van der Waals surface area contributed by atoms with E-state index in [-0.39, 0.29) is 18.6 Å². The Balaban J connectivity index is 1.92. The fraction of sp³-hybridized carbons (Fsp3) is 0.211. The summed E-state index contributed by atoms with van der Waals surface area (Å²) >= 11 is 0. The van der Waals surface area contributed by atoms with Gasteiger partial charge in [0.05, 0.1) is 7.11 Å². The van der Waals surface area contributed by atoms with E-state index in [1.54, 1.807) is 42.5 Å². The maximum atomic E-state index is 12.6. The molecule has 0 heterocycles. The molecule has 25 heavy (non-hydrogen) atoms. The molecule has 0 spiro atoms. The Kier molecular flexibility index (Phi) is 4.04. The number of ether oxygens (including phenoxy) is 1. The Bertz CT molecular complexity index is 852. The molecule has 2 aromatic carbocycles. The van der Waals surface area contributed by atoms with E-state index in [2.05, 4.69) is 0 Å². The molecule has 2 N–H and O–H groups in total. The van der Waals surface area contributed by atoms with Crippen molar-refractivity contribution in [2.24, 2.45) is 5.41 Å². The lowest BCUT2D eigenvalue weighted by Gasteiger charge is -2.17. The van der Waals surface area contributed by atoms with Gasteiger partial charge in [0, 0.05) is 11.1 Å². The highest BCUT2D eigenvalue weighted by Gasteiger charge is 2.51. The molecule has 3 rings (SSSR count). The van der Waals surface area contributed by atoms with Crippen molar-refractivity contribution in [1.82, 2.24) is 0 Å². The summed E-state index contributed by atoms with van der Waals surface area (Å²) < 4.78 is 5.06. The van der Waals surface area contributed by atoms with Gasteiger partial charge in [0.1, 0.15) is 5.75 Å². The Labute approximate surface area is 143 Å². The fourth-order valence-corrected chi connectivity index (χ4v) is 3.12. The minimum absolute atomic E-state index is 0.0794. The first-order chi connectivity index (χ1) is 11.9. The Hall–Kier alpha value is -3.15. The van der Waals surface area contributed by atoms with Gasteiger partial charge in [-0.3, -0.25) is 14.4 Å². The van der Waals surface area contributed by atoms with Gasteiger partial charge in [0.15, 0.2) is 11.2 Å². The zero-order valence-corrected chi connectivity index (χ0v) is 13.5. The molecule has 1 aliphatic rings. The van der Waals surface area contributed by atoms with Crippen LogP contribution in [0.5, 0.6) is 5.75 Å². The van der Waals surface area contributed by atoms with Crippen molar-refractivity contribution in [3.8, 4) is 5.75 Å². The van der Waals surface area contributed by atoms with Crippen molar-refractivity contribution in [1.29, 1.82) is 0 Å².